The van der Waals surface area contributed by atoms with Gasteiger partial charge in [0.05, 0.1) is 13.2 Å². The van der Waals surface area contributed by atoms with E-state index in [-0.39, 0.29) is 24.5 Å². The molecule has 1 aliphatic rings. The lowest BCUT2D eigenvalue weighted by Gasteiger charge is -2.17. The number of halogens is 1. The summed E-state index contributed by atoms with van der Waals surface area (Å²) >= 11 is 0. The van der Waals surface area contributed by atoms with Crippen LogP contribution in [0.5, 0.6) is 0 Å². The van der Waals surface area contributed by atoms with Crippen molar-refractivity contribution in [1.82, 2.24) is 9.55 Å². The van der Waals surface area contributed by atoms with Gasteiger partial charge in [-0.25, -0.2) is 4.79 Å². The third-order valence-corrected chi connectivity index (χ3v) is 4.02. The molecule has 1 fully saturated rings. The van der Waals surface area contributed by atoms with Gasteiger partial charge in [-0.15, -0.1) is 0 Å². The molecule has 2 heterocycles. The van der Waals surface area contributed by atoms with Crippen LogP contribution in [0, 0.1) is 0 Å². The molecule has 0 aromatic carbocycles. The number of hydrogen-bond acceptors (Lipinski definition) is 10. The van der Waals surface area contributed by atoms with Crippen LogP contribution in [-0.2, 0) is 19.2 Å². The van der Waals surface area contributed by atoms with Crippen molar-refractivity contribution >= 4 is 17.7 Å². The minimum absolute atomic E-state index is 0.00402. The van der Waals surface area contributed by atoms with E-state index in [1.54, 1.807) is 0 Å². The fraction of sp³-hybridized carbons (Fsp3) is 0.625. The van der Waals surface area contributed by atoms with Crippen LogP contribution < -0.4 is 28.4 Å². The number of nitrogens with one attached hydrogen (secondary N) is 1. The zero-order chi connectivity index (χ0) is 22.5. The Labute approximate surface area is 171 Å². The highest BCUT2D eigenvalue weighted by Gasteiger charge is 2.29. The predicted octanol–water partition coefficient (Wildman–Crippen LogP) is -0.837. The third kappa shape index (κ3) is 8.69. The molecule has 8 N–H and O–H groups in total. The van der Waals surface area contributed by atoms with Gasteiger partial charge in [0.25, 0.3) is 0 Å². The molecule has 0 saturated carbocycles. The predicted molar refractivity (Wildman–Crippen MR) is 104 cm³/mol. The van der Waals surface area contributed by atoms with E-state index in [2.05, 4.69) is 14.9 Å². The van der Waals surface area contributed by atoms with Crippen LogP contribution in [0.1, 0.15) is 31.9 Å². The highest BCUT2D eigenvalue weighted by molar-refractivity contribution is 5.76. The first-order valence-corrected chi connectivity index (χ1v) is 9.09. The van der Waals surface area contributed by atoms with Crippen LogP contribution in [0.2, 0.25) is 0 Å². The maximum atomic E-state index is 11.9. The van der Waals surface area contributed by atoms with E-state index in [9.17, 15) is 14.1 Å². The van der Waals surface area contributed by atoms with Gasteiger partial charge in [0.2, 0.25) is 0 Å². The minimum Gasteiger partial charge on any atom is -0.462 e. The van der Waals surface area contributed by atoms with Gasteiger partial charge in [0, 0.05) is 12.7 Å². The van der Waals surface area contributed by atoms with Crippen LogP contribution in [0.4, 0.5) is 10.3 Å². The molecule has 13 nitrogen and oxygen atoms in total. The van der Waals surface area contributed by atoms with Gasteiger partial charge in [0.15, 0.2) is 11.8 Å². The quantitative estimate of drug-likeness (QED) is 0.107. The van der Waals surface area contributed by atoms with E-state index in [1.807, 2.05) is 5.48 Å². The molecule has 1 aromatic rings. The third-order valence-electron chi connectivity index (χ3n) is 4.02. The Morgan fingerprint density at radius 2 is 2.23 bits per heavy atom. The van der Waals surface area contributed by atoms with Crippen molar-refractivity contribution < 1.29 is 28.9 Å². The summed E-state index contributed by atoms with van der Waals surface area (Å²) in [4.78, 5) is 34.0. The van der Waals surface area contributed by atoms with Crippen molar-refractivity contribution in [3.05, 3.63) is 22.7 Å². The zero-order valence-corrected chi connectivity index (χ0v) is 16.6. The zero-order valence-electron chi connectivity index (χ0n) is 16.6. The smallest absolute Gasteiger partial charge is 0.351 e. The van der Waals surface area contributed by atoms with Crippen LogP contribution in [0.25, 0.3) is 0 Å². The van der Waals surface area contributed by atoms with E-state index < -0.39 is 23.9 Å². The van der Waals surface area contributed by atoms with E-state index in [0.717, 1.165) is 7.11 Å². The number of nitrogens with two attached hydrogens (primary N) is 3. The lowest BCUT2D eigenvalue weighted by atomic mass is 10.2. The molecule has 1 aromatic heterocycles. The average molecular weight is 433 g/mol. The molecule has 14 heteroatoms. The molecular formula is C16H28FN7O6. The molecule has 0 bridgehead atoms. The molecule has 1 aliphatic heterocycles. The maximum absolute atomic E-state index is 11.9. The van der Waals surface area contributed by atoms with Crippen LogP contribution in [0.15, 0.2) is 22.1 Å². The summed E-state index contributed by atoms with van der Waals surface area (Å²) in [6.07, 6.45) is 2.77. The van der Waals surface area contributed by atoms with Gasteiger partial charge in [-0.2, -0.15) is 9.93 Å². The Morgan fingerprint density at radius 1 is 1.53 bits per heavy atom. The molecule has 2 rings (SSSR count). The second-order valence-corrected chi connectivity index (χ2v) is 6.24. The number of ether oxygens (including phenoxy) is 2. The second kappa shape index (κ2) is 13.4. The van der Waals surface area contributed by atoms with Crippen molar-refractivity contribution in [3.8, 4) is 0 Å². The molecule has 170 valence electrons. The number of carbonyl (C=O) groups excluding carboxylic acids is 1. The lowest BCUT2D eigenvalue weighted by molar-refractivity contribution is -0.150. The molecule has 0 amide bonds. The molecular weight excluding hydrogens is 405 g/mol. The number of aliphatic imine (C=N–C) groups is 1. The molecule has 0 spiro atoms. The van der Waals surface area contributed by atoms with Gasteiger partial charge >= 0.3 is 11.7 Å². The normalized spacial score (nSPS) is 18.7. The Kier molecular flexibility index (Phi) is 11.3. The lowest BCUT2D eigenvalue weighted by Crippen LogP contribution is -2.34. The van der Waals surface area contributed by atoms with Gasteiger partial charge in [-0.1, -0.05) is 0 Å². The first-order valence-electron chi connectivity index (χ1n) is 9.09. The summed E-state index contributed by atoms with van der Waals surface area (Å²) in [5, 5.41) is 8.75. The van der Waals surface area contributed by atoms with Gasteiger partial charge in [0.1, 0.15) is 18.9 Å². The second-order valence-electron chi connectivity index (χ2n) is 6.24. The van der Waals surface area contributed by atoms with Crippen LogP contribution >= 0.6 is 0 Å². The van der Waals surface area contributed by atoms with E-state index >= 15 is 0 Å². The Hall–Kier alpha value is -2.81. The van der Waals surface area contributed by atoms with Crippen LogP contribution in [0.3, 0.4) is 0 Å². The topological polar surface area (TPSA) is 202 Å². The number of aromatic nitrogens is 2. The summed E-state index contributed by atoms with van der Waals surface area (Å²) < 4.78 is 22.0. The number of carbonyl (C=O) groups is 1. The standard InChI is InChI=1S/C15H25N7O5.CH3FO/c16-10(2-1-6-19-14(17)18)13(23)26-8-9-3-4-12(27-9)22-7-5-11(21-25)20-15(22)24;1-3-2/h5,7,9-10,12,25H,1-4,6,8,16H2,(H4,17,18,19)(H,20,21,24);1H3. The summed E-state index contributed by atoms with van der Waals surface area (Å²) in [7, 11) is 0.958. The summed E-state index contributed by atoms with van der Waals surface area (Å²) in [6.45, 7) is 0.444. The highest BCUT2D eigenvalue weighted by atomic mass is 19.3. The highest BCUT2D eigenvalue weighted by Crippen LogP contribution is 2.27. The SMILES string of the molecule is COF.NC(N)=NCCCC(N)C(=O)OCC1CCC(n2ccc(NO)nc2=O)O1. The number of anilines is 1. The van der Waals surface area contributed by atoms with E-state index in [1.165, 1.54) is 16.8 Å². The van der Waals surface area contributed by atoms with Crippen molar-refractivity contribution in [2.24, 2.45) is 22.2 Å². The van der Waals surface area contributed by atoms with Gasteiger partial charge in [-0.3, -0.25) is 25.0 Å². The average Bonchev–Trinajstić information content (AvgIpc) is 3.18. The largest absolute Gasteiger partial charge is 0.462 e. The van der Waals surface area contributed by atoms with Gasteiger partial charge in [-0.05, 0) is 36.3 Å². The Balaban J connectivity index is 0.00000141. The molecule has 0 aliphatic carbocycles. The fourth-order valence-electron chi connectivity index (χ4n) is 2.63. The molecule has 30 heavy (non-hydrogen) atoms. The van der Waals surface area contributed by atoms with E-state index in [4.69, 9.17) is 31.9 Å². The Morgan fingerprint density at radius 3 is 2.83 bits per heavy atom. The van der Waals surface area contributed by atoms with Crippen molar-refractivity contribution in [1.29, 1.82) is 0 Å². The summed E-state index contributed by atoms with van der Waals surface area (Å²) in [6, 6.07) is 0.682. The number of hydrogen-bond donors (Lipinski definition) is 5. The first-order chi connectivity index (χ1) is 14.3. The Bertz CT molecular complexity index is 743. The van der Waals surface area contributed by atoms with Crippen LogP contribution in [-0.4, -0.2) is 59.1 Å². The fourth-order valence-corrected chi connectivity index (χ4v) is 2.63. The molecule has 3 atom stereocenters. The molecule has 0 radical (unpaired) electrons. The summed E-state index contributed by atoms with van der Waals surface area (Å²) in [5.41, 5.74) is 17.5. The minimum atomic E-state index is -0.762. The monoisotopic (exact) mass is 433 g/mol. The number of esters is 1. The van der Waals surface area contributed by atoms with Crippen molar-refractivity contribution in [2.45, 2.75) is 44.1 Å². The van der Waals surface area contributed by atoms with Crippen molar-refractivity contribution in [3.63, 3.8) is 0 Å². The maximum Gasteiger partial charge on any atom is 0.351 e. The molecule has 3 unspecified atom stereocenters. The van der Waals surface area contributed by atoms with Crippen molar-refractivity contribution in [2.75, 3.05) is 25.7 Å². The first kappa shape index (κ1) is 25.2. The molecule has 1 saturated heterocycles. The number of nitrogens with zero attached hydrogens (tertiary/aromatic N) is 3. The van der Waals surface area contributed by atoms with E-state index in [0.29, 0.717) is 32.2 Å². The number of rotatable bonds is 9. The number of guanidine groups is 1. The summed E-state index contributed by atoms with van der Waals surface area (Å²) in [5.74, 6) is -0.479. The van der Waals surface area contributed by atoms with Gasteiger partial charge < -0.3 is 26.7 Å².